The van der Waals surface area contributed by atoms with Gasteiger partial charge in [-0.25, -0.2) is 4.79 Å². The summed E-state index contributed by atoms with van der Waals surface area (Å²) >= 11 is 0. The fourth-order valence-corrected chi connectivity index (χ4v) is 3.27. The lowest BCUT2D eigenvalue weighted by Gasteiger charge is -2.37. The number of nitrogens with one attached hydrogen (secondary N) is 1. The second-order valence-electron chi connectivity index (χ2n) is 5.52. The van der Waals surface area contributed by atoms with E-state index < -0.39 is 0 Å². The van der Waals surface area contributed by atoms with Crippen LogP contribution in [0, 0.1) is 5.92 Å². The van der Waals surface area contributed by atoms with Crippen molar-refractivity contribution in [2.24, 2.45) is 11.7 Å². The average Bonchev–Trinajstić information content (AvgIpc) is 2.32. The molecule has 2 unspecified atom stereocenters. The number of carbonyl (C=O) groups is 1. The summed E-state index contributed by atoms with van der Waals surface area (Å²) in [5.41, 5.74) is 5.26. The standard InChI is InChI=1S/C13H25N3O/c14-13(17)15-12-7-3-2-6-11(12)10-16-8-4-1-5-9-16/h11-12H,1-10H2,(H3,14,15,17). The maximum atomic E-state index is 11.0. The molecular formula is C13H25N3O. The molecule has 2 amide bonds. The minimum atomic E-state index is -0.361. The molecule has 98 valence electrons. The van der Waals surface area contributed by atoms with Gasteiger partial charge in [0, 0.05) is 12.6 Å². The zero-order valence-corrected chi connectivity index (χ0v) is 10.7. The number of hydrogen-bond donors (Lipinski definition) is 2. The van der Waals surface area contributed by atoms with Crippen molar-refractivity contribution < 1.29 is 4.79 Å². The van der Waals surface area contributed by atoms with Crippen LogP contribution in [0.2, 0.25) is 0 Å². The SMILES string of the molecule is NC(=O)NC1CCCCC1CN1CCCCC1. The molecule has 2 rings (SSSR count). The average molecular weight is 239 g/mol. The highest BCUT2D eigenvalue weighted by Gasteiger charge is 2.27. The Kier molecular flexibility index (Phi) is 4.66. The van der Waals surface area contributed by atoms with Crippen LogP contribution in [-0.2, 0) is 0 Å². The van der Waals surface area contributed by atoms with Gasteiger partial charge >= 0.3 is 6.03 Å². The molecule has 2 fully saturated rings. The summed E-state index contributed by atoms with van der Waals surface area (Å²) in [7, 11) is 0. The number of urea groups is 1. The van der Waals surface area contributed by atoms with Crippen LogP contribution >= 0.6 is 0 Å². The second kappa shape index (κ2) is 6.24. The third kappa shape index (κ3) is 3.87. The number of likely N-dealkylation sites (tertiary alicyclic amines) is 1. The maximum Gasteiger partial charge on any atom is 0.312 e. The van der Waals surface area contributed by atoms with Crippen molar-refractivity contribution in [2.45, 2.75) is 51.0 Å². The number of carbonyl (C=O) groups excluding carboxylic acids is 1. The summed E-state index contributed by atoms with van der Waals surface area (Å²) in [6.45, 7) is 3.62. The van der Waals surface area contributed by atoms with Gasteiger partial charge in [0.25, 0.3) is 0 Å². The molecule has 0 aromatic rings. The Bertz CT molecular complexity index is 251. The summed E-state index contributed by atoms with van der Waals surface area (Å²) < 4.78 is 0. The zero-order valence-electron chi connectivity index (χ0n) is 10.7. The summed E-state index contributed by atoms with van der Waals surface area (Å²) in [5, 5.41) is 2.93. The van der Waals surface area contributed by atoms with E-state index in [2.05, 4.69) is 10.2 Å². The van der Waals surface area contributed by atoms with Crippen LogP contribution in [0.4, 0.5) is 4.79 Å². The molecule has 1 aliphatic carbocycles. The van der Waals surface area contributed by atoms with E-state index in [9.17, 15) is 4.79 Å². The summed E-state index contributed by atoms with van der Waals surface area (Å²) in [6, 6.07) is -0.0521. The van der Waals surface area contributed by atoms with Gasteiger partial charge in [0.1, 0.15) is 0 Å². The van der Waals surface area contributed by atoms with E-state index in [1.54, 1.807) is 0 Å². The highest BCUT2D eigenvalue weighted by atomic mass is 16.2. The quantitative estimate of drug-likeness (QED) is 0.787. The monoisotopic (exact) mass is 239 g/mol. The molecule has 1 saturated heterocycles. The maximum absolute atomic E-state index is 11.0. The predicted octanol–water partition coefficient (Wildman–Crippen LogP) is 1.70. The fraction of sp³-hybridized carbons (Fsp3) is 0.923. The number of rotatable bonds is 3. The van der Waals surface area contributed by atoms with Crippen LogP contribution in [0.3, 0.4) is 0 Å². The van der Waals surface area contributed by atoms with Crippen LogP contribution in [-0.4, -0.2) is 36.6 Å². The number of nitrogens with zero attached hydrogens (tertiary/aromatic N) is 1. The summed E-state index contributed by atoms with van der Waals surface area (Å²) in [4.78, 5) is 13.6. The van der Waals surface area contributed by atoms with Crippen molar-refractivity contribution in [2.75, 3.05) is 19.6 Å². The van der Waals surface area contributed by atoms with E-state index in [0.29, 0.717) is 12.0 Å². The van der Waals surface area contributed by atoms with Gasteiger partial charge in [-0.3, -0.25) is 0 Å². The molecule has 3 N–H and O–H groups in total. The van der Waals surface area contributed by atoms with Crippen LogP contribution in [0.1, 0.15) is 44.9 Å². The van der Waals surface area contributed by atoms with Crippen LogP contribution in [0.15, 0.2) is 0 Å². The Balaban J connectivity index is 1.84. The molecule has 1 heterocycles. The third-order valence-electron chi connectivity index (χ3n) is 4.18. The second-order valence-corrected chi connectivity index (χ2v) is 5.52. The van der Waals surface area contributed by atoms with Gasteiger partial charge in [0.05, 0.1) is 0 Å². The topological polar surface area (TPSA) is 58.4 Å². The van der Waals surface area contributed by atoms with Crippen molar-refractivity contribution in [3.05, 3.63) is 0 Å². The fourth-order valence-electron chi connectivity index (χ4n) is 3.27. The minimum absolute atomic E-state index is 0.308. The van der Waals surface area contributed by atoms with Crippen LogP contribution in [0.5, 0.6) is 0 Å². The van der Waals surface area contributed by atoms with E-state index in [1.807, 2.05) is 0 Å². The van der Waals surface area contributed by atoms with E-state index in [-0.39, 0.29) is 6.03 Å². The molecule has 1 saturated carbocycles. The lowest BCUT2D eigenvalue weighted by Crippen LogP contribution is -2.48. The Morgan fingerprint density at radius 2 is 1.82 bits per heavy atom. The van der Waals surface area contributed by atoms with Crippen molar-refractivity contribution >= 4 is 6.03 Å². The lowest BCUT2D eigenvalue weighted by atomic mass is 9.84. The van der Waals surface area contributed by atoms with Gasteiger partial charge in [-0.15, -0.1) is 0 Å². The van der Waals surface area contributed by atoms with E-state index in [4.69, 9.17) is 5.73 Å². The first-order valence-electron chi connectivity index (χ1n) is 7.04. The Morgan fingerprint density at radius 1 is 1.12 bits per heavy atom. The van der Waals surface area contributed by atoms with Crippen molar-refractivity contribution in [3.63, 3.8) is 0 Å². The molecule has 0 aromatic carbocycles. The Hall–Kier alpha value is -0.770. The third-order valence-corrected chi connectivity index (χ3v) is 4.18. The first-order chi connectivity index (χ1) is 8.25. The molecule has 1 aliphatic heterocycles. The number of amides is 2. The van der Waals surface area contributed by atoms with E-state index >= 15 is 0 Å². The van der Waals surface area contributed by atoms with Crippen molar-refractivity contribution in [3.8, 4) is 0 Å². The number of primary amides is 1. The Labute approximate surface area is 104 Å². The molecular weight excluding hydrogens is 214 g/mol. The largest absolute Gasteiger partial charge is 0.352 e. The number of piperidine rings is 1. The first kappa shape index (κ1) is 12.7. The van der Waals surface area contributed by atoms with Gasteiger partial charge in [0.15, 0.2) is 0 Å². The first-order valence-corrected chi connectivity index (χ1v) is 7.04. The Morgan fingerprint density at radius 3 is 2.53 bits per heavy atom. The van der Waals surface area contributed by atoms with Gasteiger partial charge in [-0.2, -0.15) is 0 Å². The molecule has 2 aliphatic rings. The molecule has 4 heteroatoms. The highest BCUT2D eigenvalue weighted by molar-refractivity contribution is 5.72. The molecule has 4 nitrogen and oxygen atoms in total. The highest BCUT2D eigenvalue weighted by Crippen LogP contribution is 2.26. The molecule has 0 spiro atoms. The molecule has 0 aromatic heterocycles. The van der Waals surface area contributed by atoms with Gasteiger partial charge < -0.3 is 16.0 Å². The molecule has 0 radical (unpaired) electrons. The molecule has 0 bridgehead atoms. The minimum Gasteiger partial charge on any atom is -0.352 e. The number of nitrogens with two attached hydrogens (primary N) is 1. The summed E-state index contributed by atoms with van der Waals surface area (Å²) in [5.74, 6) is 0.606. The van der Waals surface area contributed by atoms with Gasteiger partial charge in [0.2, 0.25) is 0 Å². The van der Waals surface area contributed by atoms with E-state index in [0.717, 1.165) is 13.0 Å². The lowest BCUT2D eigenvalue weighted by molar-refractivity contribution is 0.150. The normalized spacial score (nSPS) is 31.1. The van der Waals surface area contributed by atoms with Crippen molar-refractivity contribution in [1.29, 1.82) is 0 Å². The predicted molar refractivity (Wildman–Crippen MR) is 68.8 cm³/mol. The van der Waals surface area contributed by atoms with Crippen molar-refractivity contribution in [1.82, 2.24) is 10.2 Å². The summed E-state index contributed by atoms with van der Waals surface area (Å²) in [6.07, 6.45) is 8.91. The van der Waals surface area contributed by atoms with Crippen LogP contribution in [0.25, 0.3) is 0 Å². The molecule has 2 atom stereocenters. The van der Waals surface area contributed by atoms with E-state index in [1.165, 1.54) is 51.6 Å². The number of hydrogen-bond acceptors (Lipinski definition) is 2. The smallest absolute Gasteiger partial charge is 0.312 e. The zero-order chi connectivity index (χ0) is 12.1. The molecule has 17 heavy (non-hydrogen) atoms. The van der Waals surface area contributed by atoms with Crippen LogP contribution < -0.4 is 11.1 Å². The van der Waals surface area contributed by atoms with Gasteiger partial charge in [-0.1, -0.05) is 19.3 Å². The van der Waals surface area contributed by atoms with Gasteiger partial charge in [-0.05, 0) is 44.7 Å².